The lowest BCUT2D eigenvalue weighted by atomic mass is 9.83. The highest BCUT2D eigenvalue weighted by molar-refractivity contribution is 5.93. The third kappa shape index (κ3) is 5.61. The van der Waals surface area contributed by atoms with Crippen LogP contribution in [0.4, 0.5) is 18.9 Å². The van der Waals surface area contributed by atoms with E-state index in [1.807, 2.05) is 18.2 Å². The Morgan fingerprint density at radius 2 is 1.95 bits per heavy atom. The van der Waals surface area contributed by atoms with Gasteiger partial charge >= 0.3 is 6.18 Å². The number of aromatic nitrogens is 4. The number of carbonyl (C=O) groups is 1. The largest absolute Gasteiger partial charge is 0.457 e. The predicted octanol–water partition coefficient (Wildman–Crippen LogP) is 4.68. The summed E-state index contributed by atoms with van der Waals surface area (Å²) in [4.78, 5) is 21.2. The van der Waals surface area contributed by atoms with Crippen molar-refractivity contribution in [3.05, 3.63) is 89.6 Å². The van der Waals surface area contributed by atoms with Gasteiger partial charge < -0.3 is 15.8 Å². The molecular formula is C26H23F3N6O2. The van der Waals surface area contributed by atoms with Crippen LogP contribution in [0.1, 0.15) is 28.7 Å². The van der Waals surface area contributed by atoms with Crippen molar-refractivity contribution in [3.63, 3.8) is 0 Å². The normalized spacial score (nSPS) is 15.2. The Bertz CT molecular complexity index is 1420. The van der Waals surface area contributed by atoms with E-state index in [1.165, 1.54) is 23.4 Å². The van der Waals surface area contributed by atoms with Crippen molar-refractivity contribution < 1.29 is 22.7 Å². The number of halogens is 3. The summed E-state index contributed by atoms with van der Waals surface area (Å²) in [5.74, 6) is 0.994. The number of nitrogens with zero attached hydrogens (tertiary/aromatic N) is 4. The SMILES string of the molecule is NCc1cc(NC(=O)C2CCc3ccc(Oc4ccnc(-n5cncn5)c4)cc3C2)cc(C(F)(F)F)c1. The number of rotatable bonds is 6. The molecule has 0 aliphatic heterocycles. The highest BCUT2D eigenvalue weighted by Crippen LogP contribution is 2.34. The molecule has 2 aromatic heterocycles. The van der Waals surface area contributed by atoms with Gasteiger partial charge in [-0.05, 0) is 72.4 Å². The lowest BCUT2D eigenvalue weighted by Gasteiger charge is -2.25. The van der Waals surface area contributed by atoms with Gasteiger partial charge in [-0.3, -0.25) is 4.79 Å². The lowest BCUT2D eigenvalue weighted by Crippen LogP contribution is -2.28. The number of benzene rings is 2. The first-order chi connectivity index (χ1) is 17.8. The number of hydrogen-bond donors (Lipinski definition) is 2. The quantitative estimate of drug-likeness (QED) is 0.392. The molecule has 5 rings (SSSR count). The number of aryl methyl sites for hydroxylation is 1. The number of nitrogens with one attached hydrogen (secondary N) is 1. The highest BCUT2D eigenvalue weighted by atomic mass is 19.4. The maximum Gasteiger partial charge on any atom is 0.416 e. The number of hydrogen-bond acceptors (Lipinski definition) is 6. The molecule has 1 aliphatic carbocycles. The van der Waals surface area contributed by atoms with Crippen LogP contribution in [0.25, 0.3) is 5.82 Å². The Balaban J connectivity index is 1.30. The summed E-state index contributed by atoms with van der Waals surface area (Å²) in [6.45, 7) is -0.0653. The summed E-state index contributed by atoms with van der Waals surface area (Å²) in [5, 5.41) is 6.72. The Kier molecular flexibility index (Phi) is 6.62. The van der Waals surface area contributed by atoms with Crippen molar-refractivity contribution in [2.24, 2.45) is 11.7 Å². The third-order valence-electron chi connectivity index (χ3n) is 6.21. The number of alkyl halides is 3. The van der Waals surface area contributed by atoms with Crippen LogP contribution in [0.5, 0.6) is 11.5 Å². The summed E-state index contributed by atoms with van der Waals surface area (Å²) >= 11 is 0. The fourth-order valence-corrected chi connectivity index (χ4v) is 4.36. The third-order valence-corrected chi connectivity index (χ3v) is 6.21. The molecule has 0 saturated carbocycles. The predicted molar refractivity (Wildman–Crippen MR) is 129 cm³/mol. The number of carbonyl (C=O) groups excluding carboxylic acids is 1. The van der Waals surface area contributed by atoms with E-state index in [9.17, 15) is 18.0 Å². The number of nitrogens with two attached hydrogens (primary N) is 1. The average molecular weight is 509 g/mol. The van der Waals surface area contributed by atoms with Crippen molar-refractivity contribution >= 4 is 11.6 Å². The van der Waals surface area contributed by atoms with Gasteiger partial charge in [0.25, 0.3) is 0 Å². The molecule has 0 bridgehead atoms. The Labute approximate surface area is 210 Å². The number of anilines is 1. The van der Waals surface area contributed by atoms with Gasteiger partial charge in [0.2, 0.25) is 5.91 Å². The van der Waals surface area contributed by atoms with Gasteiger partial charge in [-0.15, -0.1) is 0 Å². The van der Waals surface area contributed by atoms with Crippen LogP contribution in [0.3, 0.4) is 0 Å². The first-order valence-corrected chi connectivity index (χ1v) is 11.6. The minimum atomic E-state index is -4.53. The molecule has 0 spiro atoms. The molecule has 1 amide bonds. The topological polar surface area (TPSA) is 108 Å². The van der Waals surface area contributed by atoms with Crippen LogP contribution < -0.4 is 15.8 Å². The molecular weight excluding hydrogens is 485 g/mol. The van der Waals surface area contributed by atoms with E-state index < -0.39 is 17.7 Å². The van der Waals surface area contributed by atoms with Gasteiger partial charge in [0.05, 0.1) is 5.56 Å². The maximum atomic E-state index is 13.3. The first kappa shape index (κ1) is 24.4. The molecule has 0 saturated heterocycles. The Morgan fingerprint density at radius 1 is 1.11 bits per heavy atom. The molecule has 37 heavy (non-hydrogen) atoms. The number of ether oxygens (including phenoxy) is 1. The van der Waals surface area contributed by atoms with Crippen LogP contribution in [0.2, 0.25) is 0 Å². The molecule has 2 aromatic carbocycles. The second kappa shape index (κ2) is 10.0. The van der Waals surface area contributed by atoms with Crippen molar-refractivity contribution in [1.82, 2.24) is 19.7 Å². The molecule has 1 atom stereocenters. The minimum absolute atomic E-state index is 0.0653. The van der Waals surface area contributed by atoms with Crippen LogP contribution >= 0.6 is 0 Å². The highest BCUT2D eigenvalue weighted by Gasteiger charge is 2.32. The molecule has 4 aromatic rings. The summed E-state index contributed by atoms with van der Waals surface area (Å²) in [7, 11) is 0. The van der Waals surface area contributed by atoms with Crippen molar-refractivity contribution in [2.45, 2.75) is 32.0 Å². The van der Waals surface area contributed by atoms with Crippen molar-refractivity contribution in [1.29, 1.82) is 0 Å². The minimum Gasteiger partial charge on any atom is -0.457 e. The summed E-state index contributed by atoms with van der Waals surface area (Å²) in [5.41, 5.74) is 7.17. The number of amides is 1. The zero-order chi connectivity index (χ0) is 26.0. The molecule has 1 aliphatic rings. The monoisotopic (exact) mass is 508 g/mol. The smallest absolute Gasteiger partial charge is 0.416 e. The fraction of sp³-hybridized carbons (Fsp3) is 0.231. The van der Waals surface area contributed by atoms with Crippen LogP contribution in [0.15, 0.2) is 67.4 Å². The van der Waals surface area contributed by atoms with E-state index in [-0.39, 0.29) is 18.1 Å². The van der Waals surface area contributed by atoms with Crippen LogP contribution in [-0.2, 0) is 30.4 Å². The maximum absolute atomic E-state index is 13.3. The molecule has 8 nitrogen and oxygen atoms in total. The number of pyridine rings is 1. The zero-order valence-electron chi connectivity index (χ0n) is 19.6. The van der Waals surface area contributed by atoms with Crippen molar-refractivity contribution in [3.8, 4) is 17.3 Å². The molecule has 2 heterocycles. The van der Waals surface area contributed by atoms with Crippen molar-refractivity contribution in [2.75, 3.05) is 5.32 Å². The van der Waals surface area contributed by atoms with Crippen LogP contribution in [0, 0.1) is 5.92 Å². The second-order valence-electron chi connectivity index (χ2n) is 8.77. The Morgan fingerprint density at radius 3 is 2.70 bits per heavy atom. The molecule has 0 radical (unpaired) electrons. The van der Waals surface area contributed by atoms with E-state index in [0.29, 0.717) is 42.1 Å². The van der Waals surface area contributed by atoms with Gasteiger partial charge in [0, 0.05) is 30.4 Å². The molecule has 3 N–H and O–H groups in total. The lowest BCUT2D eigenvalue weighted by molar-refractivity contribution is -0.137. The van der Waals surface area contributed by atoms with E-state index in [0.717, 1.165) is 23.3 Å². The average Bonchev–Trinajstić information content (AvgIpc) is 3.43. The molecule has 190 valence electrons. The van der Waals surface area contributed by atoms with E-state index in [2.05, 4.69) is 20.4 Å². The summed E-state index contributed by atoms with van der Waals surface area (Å²) in [6, 6.07) is 12.6. The first-order valence-electron chi connectivity index (χ1n) is 11.6. The molecule has 11 heteroatoms. The van der Waals surface area contributed by atoms with Gasteiger partial charge in [-0.2, -0.15) is 18.3 Å². The molecule has 0 fully saturated rings. The Hall–Kier alpha value is -4.25. The standard InChI is InChI=1S/C26H23F3N6O2/c27-26(28,29)20-7-16(13-30)8-21(11-20)34-25(36)18-2-1-17-3-4-22(10-19(17)9-18)37-23-5-6-32-24(12-23)35-15-31-14-33-35/h3-8,10-12,14-15,18H,1-2,9,13,30H2,(H,34,36). The second-order valence-corrected chi connectivity index (χ2v) is 8.77. The van der Waals surface area contributed by atoms with E-state index in [4.69, 9.17) is 10.5 Å². The fourth-order valence-electron chi connectivity index (χ4n) is 4.36. The van der Waals surface area contributed by atoms with Gasteiger partial charge in [0.1, 0.15) is 24.2 Å². The zero-order valence-corrected chi connectivity index (χ0v) is 19.6. The molecule has 1 unspecified atom stereocenters. The summed E-state index contributed by atoms with van der Waals surface area (Å²) in [6.07, 6.45) is 1.73. The van der Waals surface area contributed by atoms with Gasteiger partial charge in [-0.1, -0.05) is 6.07 Å². The number of fused-ring (bicyclic) bond motifs is 1. The van der Waals surface area contributed by atoms with E-state index in [1.54, 1.807) is 18.3 Å². The van der Waals surface area contributed by atoms with Gasteiger partial charge in [0.15, 0.2) is 5.82 Å². The van der Waals surface area contributed by atoms with Crippen LogP contribution in [-0.4, -0.2) is 25.7 Å². The van der Waals surface area contributed by atoms with E-state index >= 15 is 0 Å². The summed E-state index contributed by atoms with van der Waals surface area (Å²) < 4.78 is 47.3. The van der Waals surface area contributed by atoms with Gasteiger partial charge in [-0.25, -0.2) is 14.6 Å².